The molecule has 2 N–H and O–H groups in total. The number of carboxylic acids is 1. The summed E-state index contributed by atoms with van der Waals surface area (Å²) in [7, 11) is -3.06. The Balaban J connectivity index is 0.000000370. The van der Waals surface area contributed by atoms with Crippen molar-refractivity contribution in [2.24, 2.45) is 5.41 Å². The van der Waals surface area contributed by atoms with Crippen molar-refractivity contribution in [1.82, 2.24) is 14.6 Å². The summed E-state index contributed by atoms with van der Waals surface area (Å²) in [6, 6.07) is 6.21. The first-order valence-corrected chi connectivity index (χ1v) is 11.0. The zero-order valence-electron chi connectivity index (χ0n) is 16.2. The molecule has 2 fully saturated rings. The Morgan fingerprint density at radius 3 is 2.34 bits per heavy atom. The molecule has 0 atom stereocenters. The summed E-state index contributed by atoms with van der Waals surface area (Å²) in [6.07, 6.45) is 1.11. The van der Waals surface area contributed by atoms with Crippen molar-refractivity contribution in [3.8, 4) is 0 Å². The molecule has 7 nitrogen and oxygen atoms in total. The number of pyridine rings is 1. The van der Waals surface area contributed by atoms with Crippen molar-refractivity contribution in [1.29, 1.82) is 0 Å². The Labute approximate surface area is 168 Å². The molecule has 1 saturated heterocycles. The van der Waals surface area contributed by atoms with Gasteiger partial charge in [-0.05, 0) is 63.2 Å². The zero-order valence-corrected chi connectivity index (χ0v) is 17.0. The Hall–Kier alpha value is -1.72. The molecule has 0 unspecified atom stereocenters. The molecular weight excluding hydrogens is 411 g/mol. The summed E-state index contributed by atoms with van der Waals surface area (Å²) in [5.41, 5.74) is 1.50. The molecule has 11 heteroatoms. The summed E-state index contributed by atoms with van der Waals surface area (Å²) in [4.78, 5) is 15.7. The van der Waals surface area contributed by atoms with Gasteiger partial charge in [-0.15, -0.1) is 0 Å². The van der Waals surface area contributed by atoms with Crippen LogP contribution in [-0.2, 0) is 21.4 Å². The molecule has 1 spiro atoms. The highest BCUT2D eigenvalue weighted by atomic mass is 32.2. The summed E-state index contributed by atoms with van der Waals surface area (Å²) >= 11 is 0. The van der Waals surface area contributed by atoms with Gasteiger partial charge in [0, 0.05) is 18.8 Å². The molecule has 1 aliphatic carbocycles. The number of carboxylic acid groups (broad SMARTS) is 1. The molecule has 164 valence electrons. The van der Waals surface area contributed by atoms with Gasteiger partial charge in [-0.25, -0.2) is 17.9 Å². The fourth-order valence-electron chi connectivity index (χ4n) is 3.72. The molecule has 0 aromatic carbocycles. The number of nitrogens with zero attached hydrogens (tertiary/aromatic N) is 2. The van der Waals surface area contributed by atoms with E-state index in [4.69, 9.17) is 9.90 Å². The quantitative estimate of drug-likeness (QED) is 0.734. The van der Waals surface area contributed by atoms with Crippen LogP contribution in [0.4, 0.5) is 13.2 Å². The molecule has 29 heavy (non-hydrogen) atoms. The molecule has 1 aliphatic heterocycles. The Morgan fingerprint density at radius 1 is 1.31 bits per heavy atom. The van der Waals surface area contributed by atoms with Crippen LogP contribution in [0.5, 0.6) is 0 Å². The van der Waals surface area contributed by atoms with E-state index in [2.05, 4.69) is 20.7 Å². The lowest BCUT2D eigenvalue weighted by Gasteiger charge is -2.52. The molecular formula is C18H26F3N3O4S. The molecule has 2 aliphatic rings. The number of rotatable bonds is 5. The molecule has 1 saturated carbocycles. The highest BCUT2D eigenvalue weighted by Gasteiger charge is 2.46. The van der Waals surface area contributed by atoms with Crippen LogP contribution in [0.3, 0.4) is 0 Å². The van der Waals surface area contributed by atoms with Gasteiger partial charge in [-0.1, -0.05) is 6.07 Å². The van der Waals surface area contributed by atoms with Crippen molar-refractivity contribution < 1.29 is 31.5 Å². The van der Waals surface area contributed by atoms with Gasteiger partial charge in [0.05, 0.1) is 11.4 Å². The second-order valence-electron chi connectivity index (χ2n) is 7.53. The highest BCUT2D eigenvalue weighted by molar-refractivity contribution is 7.89. The number of sulfonamides is 1. The van der Waals surface area contributed by atoms with Gasteiger partial charge < -0.3 is 5.11 Å². The topological polar surface area (TPSA) is 99.6 Å². The maximum Gasteiger partial charge on any atom is 0.490 e. The third-order valence-electron chi connectivity index (χ3n) is 5.36. The Kier molecular flexibility index (Phi) is 7.63. The zero-order chi connectivity index (χ0) is 21.7. The smallest absolute Gasteiger partial charge is 0.475 e. The predicted octanol–water partition coefficient (Wildman–Crippen LogP) is 2.40. The Morgan fingerprint density at radius 2 is 1.90 bits per heavy atom. The first kappa shape index (κ1) is 23.6. The number of carbonyl (C=O) groups is 1. The van der Waals surface area contributed by atoms with Crippen molar-refractivity contribution >= 4 is 16.0 Å². The monoisotopic (exact) mass is 437 g/mol. The van der Waals surface area contributed by atoms with Gasteiger partial charge in [-0.2, -0.15) is 13.2 Å². The van der Waals surface area contributed by atoms with E-state index in [0.717, 1.165) is 38.2 Å². The number of nitrogens with one attached hydrogen (secondary N) is 1. The van der Waals surface area contributed by atoms with Crippen LogP contribution in [0.25, 0.3) is 0 Å². The minimum absolute atomic E-state index is 0.160. The number of alkyl halides is 3. The van der Waals surface area contributed by atoms with Crippen molar-refractivity contribution in [2.75, 3.05) is 18.8 Å². The number of aromatic nitrogens is 1. The third kappa shape index (κ3) is 7.23. The van der Waals surface area contributed by atoms with E-state index in [1.165, 1.54) is 12.8 Å². The van der Waals surface area contributed by atoms with Crippen LogP contribution < -0.4 is 4.72 Å². The van der Waals surface area contributed by atoms with Crippen LogP contribution in [0.1, 0.15) is 38.3 Å². The van der Waals surface area contributed by atoms with Crippen LogP contribution in [0.15, 0.2) is 24.4 Å². The van der Waals surface area contributed by atoms with Gasteiger partial charge in [-0.3, -0.25) is 9.88 Å². The fraction of sp³-hybridized carbons (Fsp3) is 0.667. The number of hydrogen-bond donors (Lipinski definition) is 2. The number of hydrogen-bond acceptors (Lipinski definition) is 5. The number of halogens is 3. The number of likely N-dealkylation sites (tertiary alicyclic amines) is 1. The van der Waals surface area contributed by atoms with E-state index in [0.29, 0.717) is 5.41 Å². The van der Waals surface area contributed by atoms with Crippen molar-refractivity contribution in [3.05, 3.63) is 30.1 Å². The predicted molar refractivity (Wildman–Crippen MR) is 100 cm³/mol. The third-order valence-corrected chi connectivity index (χ3v) is 6.81. The lowest BCUT2D eigenvalue weighted by molar-refractivity contribution is -0.192. The average molecular weight is 437 g/mol. The van der Waals surface area contributed by atoms with E-state index in [9.17, 15) is 21.6 Å². The molecule has 1 aromatic rings. The lowest BCUT2D eigenvalue weighted by Crippen LogP contribution is -2.54. The van der Waals surface area contributed by atoms with Gasteiger partial charge in [0.15, 0.2) is 0 Å². The van der Waals surface area contributed by atoms with E-state index in [-0.39, 0.29) is 11.8 Å². The van der Waals surface area contributed by atoms with E-state index >= 15 is 0 Å². The standard InChI is InChI=1S/C16H25N3O2S.C2HF3O2/c1-2-22(20,21)18-15-11-16(12-15)6-9-19(10-7-16)13-14-5-3-4-8-17-14;3-2(4,5)1(6)7/h3-5,8,15,18H,2,6-7,9-13H2,1H3;(H,6,7). The minimum Gasteiger partial charge on any atom is -0.475 e. The summed E-state index contributed by atoms with van der Waals surface area (Å²) in [6.45, 7) is 4.78. The fourth-order valence-corrected chi connectivity index (χ4v) is 4.56. The van der Waals surface area contributed by atoms with Crippen LogP contribution >= 0.6 is 0 Å². The van der Waals surface area contributed by atoms with Crippen LogP contribution in [0.2, 0.25) is 0 Å². The van der Waals surface area contributed by atoms with Crippen LogP contribution in [-0.4, -0.2) is 60.4 Å². The summed E-state index contributed by atoms with van der Waals surface area (Å²) < 4.78 is 57.8. The Bertz CT molecular complexity index is 771. The minimum atomic E-state index is -5.08. The summed E-state index contributed by atoms with van der Waals surface area (Å²) in [5.74, 6) is -2.58. The van der Waals surface area contributed by atoms with E-state index in [1.54, 1.807) is 6.92 Å². The van der Waals surface area contributed by atoms with Gasteiger partial charge in [0.2, 0.25) is 10.0 Å². The molecule has 2 heterocycles. The van der Waals surface area contributed by atoms with Gasteiger partial charge in [0.1, 0.15) is 0 Å². The normalized spacial score (nSPS) is 19.9. The lowest BCUT2D eigenvalue weighted by atomic mass is 9.60. The highest BCUT2D eigenvalue weighted by Crippen LogP contribution is 2.49. The van der Waals surface area contributed by atoms with E-state index < -0.39 is 22.2 Å². The summed E-state index contributed by atoms with van der Waals surface area (Å²) in [5, 5.41) is 7.12. The molecule has 0 radical (unpaired) electrons. The van der Waals surface area contributed by atoms with E-state index in [1.807, 2.05) is 18.3 Å². The van der Waals surface area contributed by atoms with Crippen LogP contribution in [0, 0.1) is 5.41 Å². The van der Waals surface area contributed by atoms with Crippen molar-refractivity contribution in [2.45, 2.75) is 51.4 Å². The molecule has 3 rings (SSSR count). The first-order chi connectivity index (χ1) is 13.4. The van der Waals surface area contributed by atoms with Gasteiger partial charge in [0.25, 0.3) is 0 Å². The molecule has 1 aromatic heterocycles. The number of aliphatic carboxylic acids is 1. The second kappa shape index (κ2) is 9.40. The van der Waals surface area contributed by atoms with Crippen molar-refractivity contribution in [3.63, 3.8) is 0 Å². The average Bonchev–Trinajstić information content (AvgIpc) is 2.62. The molecule has 0 amide bonds. The molecule has 0 bridgehead atoms. The number of piperidine rings is 1. The maximum atomic E-state index is 11.6. The maximum absolute atomic E-state index is 11.6. The SMILES string of the molecule is CCS(=O)(=O)NC1CC2(CCN(Cc3ccccn3)CC2)C1.O=C(O)C(F)(F)F. The largest absolute Gasteiger partial charge is 0.490 e. The van der Waals surface area contributed by atoms with Gasteiger partial charge >= 0.3 is 12.1 Å². The first-order valence-electron chi connectivity index (χ1n) is 9.37. The second-order valence-corrected chi connectivity index (χ2v) is 9.57.